The summed E-state index contributed by atoms with van der Waals surface area (Å²) in [7, 11) is 0. The molecule has 0 radical (unpaired) electrons. The number of piperazine rings is 1. The van der Waals surface area contributed by atoms with Crippen LogP contribution in [0.1, 0.15) is 39.2 Å². The number of aliphatic hydroxyl groups is 1. The molecule has 10 nitrogen and oxygen atoms in total. The largest absolute Gasteiger partial charge is 0.391 e. The summed E-state index contributed by atoms with van der Waals surface area (Å²) in [6.07, 6.45) is 7.77. The molecule has 1 aliphatic carbocycles. The molecule has 2 aliphatic rings. The molecule has 4 aromatic heterocycles. The van der Waals surface area contributed by atoms with Gasteiger partial charge in [-0.15, -0.1) is 10.2 Å². The zero-order valence-corrected chi connectivity index (χ0v) is 19.4. The van der Waals surface area contributed by atoms with Crippen molar-refractivity contribution in [3.05, 3.63) is 36.8 Å². The lowest BCUT2D eigenvalue weighted by Gasteiger charge is -2.39. The predicted molar refractivity (Wildman–Crippen MR) is 131 cm³/mol. The zero-order valence-electron chi connectivity index (χ0n) is 19.4. The minimum absolute atomic E-state index is 0.0192. The molecular weight excluding hydrogens is 430 g/mol. The number of hydrogen-bond acceptors (Lipinski definition) is 9. The van der Waals surface area contributed by atoms with E-state index in [0.29, 0.717) is 11.8 Å². The first-order valence-corrected chi connectivity index (χ1v) is 11.9. The molecule has 0 spiro atoms. The highest BCUT2D eigenvalue weighted by Crippen LogP contribution is 2.37. The van der Waals surface area contributed by atoms with Crippen LogP contribution in [0.5, 0.6) is 0 Å². The average Bonchev–Trinajstić information content (AvgIpc) is 3.39. The van der Waals surface area contributed by atoms with E-state index >= 15 is 0 Å². The Morgan fingerprint density at radius 2 is 2.03 bits per heavy atom. The van der Waals surface area contributed by atoms with Crippen molar-refractivity contribution >= 4 is 39.5 Å². The maximum atomic E-state index is 10.6. The quantitative estimate of drug-likeness (QED) is 0.423. The molecule has 2 atom stereocenters. The molecule has 1 saturated carbocycles. The van der Waals surface area contributed by atoms with Crippen LogP contribution in [0.2, 0.25) is 0 Å². The van der Waals surface area contributed by atoms with Crippen LogP contribution in [-0.2, 0) is 0 Å². The van der Waals surface area contributed by atoms with Gasteiger partial charge in [0.15, 0.2) is 11.6 Å². The van der Waals surface area contributed by atoms with Crippen molar-refractivity contribution in [3.63, 3.8) is 0 Å². The highest BCUT2D eigenvalue weighted by Gasteiger charge is 2.30. The first kappa shape index (κ1) is 21.2. The molecule has 1 aliphatic heterocycles. The summed E-state index contributed by atoms with van der Waals surface area (Å²) in [4.78, 5) is 15.9. The highest BCUT2D eigenvalue weighted by molar-refractivity contribution is 6.06. The van der Waals surface area contributed by atoms with E-state index in [9.17, 15) is 5.11 Å². The molecule has 0 aromatic carbocycles. The lowest BCUT2D eigenvalue weighted by Crippen LogP contribution is -2.57. The maximum Gasteiger partial charge on any atom is 0.230 e. The van der Waals surface area contributed by atoms with E-state index in [1.165, 1.54) is 0 Å². The summed E-state index contributed by atoms with van der Waals surface area (Å²) in [6.45, 7) is 7.07. The van der Waals surface area contributed by atoms with E-state index in [2.05, 4.69) is 54.1 Å². The fourth-order valence-electron chi connectivity index (χ4n) is 5.30. The molecular formula is C24H29N9O. The molecule has 0 amide bonds. The third-order valence-corrected chi connectivity index (χ3v) is 6.91. The number of hydrogen-bond donors (Lipinski definition) is 3. The Balaban J connectivity index is 1.31. The van der Waals surface area contributed by atoms with E-state index in [0.717, 1.165) is 66.7 Å². The Hall–Kier alpha value is -3.37. The van der Waals surface area contributed by atoms with Gasteiger partial charge < -0.3 is 25.2 Å². The Morgan fingerprint density at radius 1 is 1.12 bits per heavy atom. The molecule has 2 fully saturated rings. The van der Waals surface area contributed by atoms with Crippen LogP contribution in [0.15, 0.2) is 36.8 Å². The topological polar surface area (TPSA) is 117 Å². The number of aromatic nitrogens is 6. The lowest BCUT2D eigenvalue weighted by molar-refractivity contribution is 0.140. The fourth-order valence-corrected chi connectivity index (χ4v) is 5.30. The Kier molecular flexibility index (Phi) is 5.07. The summed E-state index contributed by atoms with van der Waals surface area (Å²) >= 11 is 0. The summed E-state index contributed by atoms with van der Waals surface area (Å²) in [5.74, 6) is 1.89. The predicted octanol–water partition coefficient (Wildman–Crippen LogP) is 2.79. The van der Waals surface area contributed by atoms with Gasteiger partial charge in [-0.3, -0.25) is 4.98 Å². The number of pyridine rings is 1. The molecule has 0 bridgehead atoms. The van der Waals surface area contributed by atoms with Crippen LogP contribution < -0.4 is 15.5 Å². The van der Waals surface area contributed by atoms with Gasteiger partial charge in [0.05, 0.1) is 23.9 Å². The van der Waals surface area contributed by atoms with Gasteiger partial charge in [0.2, 0.25) is 5.95 Å². The van der Waals surface area contributed by atoms with Crippen LogP contribution in [0, 0.1) is 0 Å². The van der Waals surface area contributed by atoms with Crippen LogP contribution in [0.25, 0.3) is 21.9 Å². The molecule has 1 saturated heterocycles. The number of nitrogens with one attached hydrogen (secondary N) is 2. The molecule has 5 heterocycles. The van der Waals surface area contributed by atoms with Gasteiger partial charge in [-0.2, -0.15) is 4.98 Å². The Bertz CT molecular complexity index is 1330. The summed E-state index contributed by atoms with van der Waals surface area (Å²) in [5, 5.41) is 28.1. The van der Waals surface area contributed by atoms with Crippen molar-refractivity contribution in [2.75, 3.05) is 29.9 Å². The molecule has 0 unspecified atom stereocenters. The number of nitrogens with zero attached hydrogens (tertiary/aromatic N) is 7. The number of anilines is 3. The third kappa shape index (κ3) is 3.72. The molecule has 3 N–H and O–H groups in total. The molecule has 10 heteroatoms. The van der Waals surface area contributed by atoms with Crippen molar-refractivity contribution in [2.45, 2.75) is 50.8 Å². The molecule has 4 aromatic rings. The summed E-state index contributed by atoms with van der Waals surface area (Å²) in [6, 6.07) is 5.85. The highest BCUT2D eigenvalue weighted by atomic mass is 16.3. The smallest absolute Gasteiger partial charge is 0.230 e. The average molecular weight is 460 g/mol. The van der Waals surface area contributed by atoms with E-state index in [1.807, 2.05) is 30.6 Å². The third-order valence-electron chi connectivity index (χ3n) is 6.91. The molecule has 34 heavy (non-hydrogen) atoms. The standard InChI is InChI=1S/C24H29N9O/c1-24(2)14-32(11-10-27-24)21-7-6-20(30-31-21)28-23-26-12-16-15-8-9-25-13-18(15)33(22(16)29-23)17-4-3-5-19(17)34/h6-9,12-13,17,19,27,34H,3-5,10-11,14H2,1-2H3,(H,26,28,29,30)/t17-,19+/m0/s1. The second-order valence-electron chi connectivity index (χ2n) is 9.89. The Morgan fingerprint density at radius 3 is 2.79 bits per heavy atom. The SMILES string of the molecule is CC1(C)CN(c2ccc(Nc3ncc4c5ccncc5n([C@H]5CCC[C@H]5O)c4n3)nn2)CCN1. The van der Waals surface area contributed by atoms with Crippen molar-refractivity contribution in [3.8, 4) is 0 Å². The minimum atomic E-state index is -0.390. The van der Waals surface area contributed by atoms with Gasteiger partial charge >= 0.3 is 0 Å². The second kappa shape index (κ2) is 8.14. The van der Waals surface area contributed by atoms with Gasteiger partial charge in [-0.1, -0.05) is 0 Å². The van der Waals surface area contributed by atoms with Gasteiger partial charge in [-0.25, -0.2) is 4.98 Å². The van der Waals surface area contributed by atoms with Crippen molar-refractivity contribution < 1.29 is 5.11 Å². The normalized spacial score (nSPS) is 22.5. The van der Waals surface area contributed by atoms with Crippen molar-refractivity contribution in [2.24, 2.45) is 0 Å². The monoisotopic (exact) mass is 459 g/mol. The van der Waals surface area contributed by atoms with E-state index in [4.69, 9.17) is 4.98 Å². The summed E-state index contributed by atoms with van der Waals surface area (Å²) < 4.78 is 2.13. The number of rotatable bonds is 4. The van der Waals surface area contributed by atoms with Crippen molar-refractivity contribution in [1.29, 1.82) is 0 Å². The van der Waals surface area contributed by atoms with Crippen LogP contribution in [0.3, 0.4) is 0 Å². The first-order chi connectivity index (χ1) is 16.5. The van der Waals surface area contributed by atoms with Gasteiger partial charge in [0, 0.05) is 48.3 Å². The Labute approximate surface area is 197 Å². The number of fused-ring (bicyclic) bond motifs is 3. The fraction of sp³-hybridized carbons (Fsp3) is 0.458. The maximum absolute atomic E-state index is 10.6. The van der Waals surface area contributed by atoms with Crippen LogP contribution in [-0.4, -0.2) is 66.1 Å². The zero-order chi connectivity index (χ0) is 23.3. The van der Waals surface area contributed by atoms with Crippen molar-refractivity contribution in [1.82, 2.24) is 35.0 Å². The summed E-state index contributed by atoms with van der Waals surface area (Å²) in [5.41, 5.74) is 1.80. The van der Waals surface area contributed by atoms with Crippen LogP contribution in [0.4, 0.5) is 17.6 Å². The molecule has 176 valence electrons. The van der Waals surface area contributed by atoms with Crippen LogP contribution >= 0.6 is 0 Å². The van der Waals surface area contributed by atoms with Gasteiger partial charge in [0.1, 0.15) is 5.65 Å². The van der Waals surface area contributed by atoms with E-state index in [1.54, 1.807) is 6.20 Å². The minimum Gasteiger partial charge on any atom is -0.391 e. The lowest BCUT2D eigenvalue weighted by atomic mass is 10.0. The van der Waals surface area contributed by atoms with E-state index in [-0.39, 0.29) is 11.6 Å². The van der Waals surface area contributed by atoms with Gasteiger partial charge in [-0.05, 0) is 51.3 Å². The van der Waals surface area contributed by atoms with E-state index < -0.39 is 6.10 Å². The molecule has 6 rings (SSSR count). The number of aliphatic hydroxyl groups excluding tert-OH is 1. The second-order valence-corrected chi connectivity index (χ2v) is 9.89. The first-order valence-electron chi connectivity index (χ1n) is 11.9. The van der Waals surface area contributed by atoms with Gasteiger partial charge in [0.25, 0.3) is 0 Å².